The molecule has 0 saturated carbocycles. The van der Waals surface area contributed by atoms with E-state index in [1.807, 2.05) is 30.7 Å². The Labute approximate surface area is 123 Å². The van der Waals surface area contributed by atoms with Crippen LogP contribution >= 0.6 is 11.8 Å². The number of rotatable bonds is 6. The van der Waals surface area contributed by atoms with E-state index in [0.717, 1.165) is 30.8 Å². The smallest absolute Gasteiger partial charge is 0.252 e. The molecule has 1 aliphatic rings. The van der Waals surface area contributed by atoms with Crippen molar-refractivity contribution in [3.8, 4) is 0 Å². The summed E-state index contributed by atoms with van der Waals surface area (Å²) in [5.41, 5.74) is 2.95. The molecule has 0 aliphatic carbocycles. The van der Waals surface area contributed by atoms with Crippen molar-refractivity contribution >= 4 is 24.0 Å². The fourth-order valence-electron chi connectivity index (χ4n) is 2.38. The van der Waals surface area contributed by atoms with Crippen LogP contribution in [0.5, 0.6) is 0 Å². The fraction of sp³-hybridized carbons (Fsp3) is 0.467. The maximum absolute atomic E-state index is 12.3. The number of fused-ring (bicyclic) bond motifs is 1. The van der Waals surface area contributed by atoms with Gasteiger partial charge in [-0.25, -0.2) is 0 Å². The molecule has 1 amide bonds. The van der Waals surface area contributed by atoms with Crippen molar-refractivity contribution in [3.05, 3.63) is 34.9 Å². The summed E-state index contributed by atoms with van der Waals surface area (Å²) in [6.45, 7) is 1.68. The lowest BCUT2D eigenvalue weighted by Crippen LogP contribution is -2.37. The number of amides is 1. The highest BCUT2D eigenvalue weighted by molar-refractivity contribution is 7.98. The van der Waals surface area contributed by atoms with Gasteiger partial charge in [-0.2, -0.15) is 11.8 Å². The van der Waals surface area contributed by atoms with E-state index in [-0.39, 0.29) is 5.91 Å². The van der Waals surface area contributed by atoms with E-state index in [0.29, 0.717) is 12.0 Å². The number of benzene rings is 1. The fourth-order valence-corrected chi connectivity index (χ4v) is 2.85. The maximum Gasteiger partial charge on any atom is 0.252 e. The van der Waals surface area contributed by atoms with Crippen LogP contribution in [0, 0.1) is 0 Å². The van der Waals surface area contributed by atoms with Crippen molar-refractivity contribution in [1.29, 1.82) is 0 Å². The zero-order valence-electron chi connectivity index (χ0n) is 11.6. The lowest BCUT2D eigenvalue weighted by Gasteiger charge is -2.20. The van der Waals surface area contributed by atoms with E-state index in [1.165, 1.54) is 5.56 Å². The van der Waals surface area contributed by atoms with Gasteiger partial charge in [-0.1, -0.05) is 12.1 Å². The van der Waals surface area contributed by atoms with E-state index >= 15 is 0 Å². The van der Waals surface area contributed by atoms with Gasteiger partial charge in [-0.3, -0.25) is 9.59 Å². The van der Waals surface area contributed by atoms with Crippen LogP contribution in [0.2, 0.25) is 0 Å². The quantitative estimate of drug-likeness (QED) is 0.829. The molecule has 0 aromatic heterocycles. The number of carbonyl (C=O) groups is 1. The van der Waals surface area contributed by atoms with Crippen molar-refractivity contribution in [1.82, 2.24) is 10.6 Å². The predicted molar refractivity (Wildman–Crippen MR) is 81.8 cm³/mol. The van der Waals surface area contributed by atoms with Gasteiger partial charge < -0.3 is 10.6 Å². The van der Waals surface area contributed by atoms with E-state index in [2.05, 4.69) is 10.6 Å². The standard InChI is InChI=1S/C15H19N2O2S/c1-20-8-6-12(10-18)17-15(19)14-4-2-3-11-9-16-7-5-13(11)14/h2-4,12,16H,5-9H2,1H3,(H,17,19)/t12-/m0/s1. The van der Waals surface area contributed by atoms with Gasteiger partial charge in [0.15, 0.2) is 0 Å². The Morgan fingerprint density at radius 1 is 1.55 bits per heavy atom. The highest BCUT2D eigenvalue weighted by Gasteiger charge is 2.19. The molecule has 5 heteroatoms. The van der Waals surface area contributed by atoms with Gasteiger partial charge >= 0.3 is 0 Å². The summed E-state index contributed by atoms with van der Waals surface area (Å²) >= 11 is 1.65. The molecule has 2 rings (SSSR count). The summed E-state index contributed by atoms with van der Waals surface area (Å²) in [6, 6.07) is 5.24. The first kappa shape index (κ1) is 15.1. The van der Waals surface area contributed by atoms with Crippen LogP contribution in [-0.4, -0.2) is 36.8 Å². The Bertz CT molecular complexity index is 491. The molecule has 2 N–H and O–H groups in total. The Morgan fingerprint density at radius 3 is 3.15 bits per heavy atom. The second kappa shape index (κ2) is 7.45. The molecule has 1 aromatic carbocycles. The van der Waals surface area contributed by atoms with Crippen molar-refractivity contribution < 1.29 is 9.59 Å². The Hall–Kier alpha value is -1.33. The van der Waals surface area contributed by atoms with Gasteiger partial charge in [-0.05, 0) is 48.6 Å². The number of nitrogens with one attached hydrogen (secondary N) is 2. The Balaban J connectivity index is 2.10. The van der Waals surface area contributed by atoms with Crippen molar-refractivity contribution in [2.24, 2.45) is 0 Å². The highest BCUT2D eigenvalue weighted by Crippen LogP contribution is 2.18. The molecule has 0 fully saturated rings. The van der Waals surface area contributed by atoms with Crippen molar-refractivity contribution in [3.63, 3.8) is 0 Å². The lowest BCUT2D eigenvalue weighted by molar-refractivity contribution is 0.0944. The summed E-state index contributed by atoms with van der Waals surface area (Å²) < 4.78 is 0. The second-order valence-corrected chi connectivity index (χ2v) is 5.78. The summed E-state index contributed by atoms with van der Waals surface area (Å²) in [5, 5.41) is 6.06. The van der Waals surface area contributed by atoms with Crippen LogP contribution in [0.25, 0.3) is 0 Å². The highest BCUT2D eigenvalue weighted by atomic mass is 32.2. The molecule has 0 bridgehead atoms. The largest absolute Gasteiger partial charge is 0.342 e. The van der Waals surface area contributed by atoms with Gasteiger partial charge in [0.1, 0.15) is 0 Å². The van der Waals surface area contributed by atoms with Crippen LogP contribution in [0.3, 0.4) is 0 Å². The monoisotopic (exact) mass is 291 g/mol. The summed E-state index contributed by atoms with van der Waals surface area (Å²) in [7, 11) is 0. The third-order valence-corrected chi connectivity index (χ3v) is 4.09. The minimum Gasteiger partial charge on any atom is -0.342 e. The van der Waals surface area contributed by atoms with Gasteiger partial charge in [0.05, 0.1) is 6.04 Å². The van der Waals surface area contributed by atoms with E-state index in [4.69, 9.17) is 0 Å². The minimum absolute atomic E-state index is 0.168. The average Bonchev–Trinajstić information content (AvgIpc) is 2.50. The van der Waals surface area contributed by atoms with E-state index in [9.17, 15) is 9.59 Å². The molecule has 1 aliphatic heterocycles. The predicted octanol–water partition coefficient (Wildman–Crippen LogP) is 1.29. The van der Waals surface area contributed by atoms with Crippen LogP contribution in [0.15, 0.2) is 18.2 Å². The lowest BCUT2D eigenvalue weighted by atomic mass is 9.95. The van der Waals surface area contributed by atoms with E-state index in [1.54, 1.807) is 11.8 Å². The topological polar surface area (TPSA) is 58.2 Å². The molecule has 0 saturated heterocycles. The average molecular weight is 291 g/mol. The van der Waals surface area contributed by atoms with Gasteiger partial charge in [-0.15, -0.1) is 0 Å². The Morgan fingerprint density at radius 2 is 2.40 bits per heavy atom. The summed E-state index contributed by atoms with van der Waals surface area (Å²) in [5.74, 6) is 0.662. The first-order valence-electron chi connectivity index (χ1n) is 6.75. The molecular weight excluding hydrogens is 272 g/mol. The molecule has 0 spiro atoms. The van der Waals surface area contributed by atoms with Gasteiger partial charge in [0, 0.05) is 12.1 Å². The van der Waals surface area contributed by atoms with E-state index < -0.39 is 6.04 Å². The van der Waals surface area contributed by atoms with Crippen LogP contribution < -0.4 is 10.6 Å². The maximum atomic E-state index is 12.3. The zero-order chi connectivity index (χ0) is 14.4. The number of hydrogen-bond acceptors (Lipinski definition) is 4. The van der Waals surface area contributed by atoms with Crippen molar-refractivity contribution in [2.45, 2.75) is 25.4 Å². The van der Waals surface area contributed by atoms with Gasteiger partial charge in [0.25, 0.3) is 5.91 Å². The minimum atomic E-state index is -0.521. The zero-order valence-corrected chi connectivity index (χ0v) is 12.4. The second-order valence-electron chi connectivity index (χ2n) is 4.80. The normalized spacial score (nSPS) is 15.2. The third-order valence-electron chi connectivity index (χ3n) is 3.44. The third kappa shape index (κ3) is 3.61. The molecule has 1 radical (unpaired) electrons. The molecule has 4 nitrogen and oxygen atoms in total. The summed E-state index contributed by atoms with van der Waals surface area (Å²) in [4.78, 5) is 23.2. The number of hydrogen-bond donors (Lipinski definition) is 2. The van der Waals surface area contributed by atoms with Crippen LogP contribution in [-0.2, 0) is 17.8 Å². The molecule has 0 unspecified atom stereocenters. The first-order valence-corrected chi connectivity index (χ1v) is 8.14. The first-order chi connectivity index (χ1) is 9.76. The molecule has 1 heterocycles. The molecular formula is C15H19N2O2S. The molecule has 20 heavy (non-hydrogen) atoms. The molecule has 107 valence electrons. The van der Waals surface area contributed by atoms with Crippen LogP contribution in [0.4, 0.5) is 0 Å². The molecule has 1 atom stereocenters. The SMILES string of the molecule is CSCC[C@@H]([C]=O)NC(=O)c1cccc2c1CCNC2. The van der Waals surface area contributed by atoms with Gasteiger partial charge in [0.2, 0.25) is 6.29 Å². The molecule has 1 aromatic rings. The van der Waals surface area contributed by atoms with Crippen LogP contribution in [0.1, 0.15) is 27.9 Å². The van der Waals surface area contributed by atoms with Crippen molar-refractivity contribution in [2.75, 3.05) is 18.6 Å². The number of carbonyl (C=O) groups excluding carboxylic acids is 2. The summed E-state index contributed by atoms with van der Waals surface area (Å²) in [6.07, 6.45) is 5.35. The Kier molecular flexibility index (Phi) is 5.61. The number of thioether (sulfide) groups is 1.